The Labute approximate surface area is 170 Å². The van der Waals surface area contributed by atoms with Crippen molar-refractivity contribution < 1.29 is 23.8 Å². The Morgan fingerprint density at radius 3 is 2.69 bits per heavy atom. The molecule has 2 aromatic rings. The summed E-state index contributed by atoms with van der Waals surface area (Å²) < 4.78 is 11.2. The number of furan rings is 1. The monoisotopic (exact) mass is 397 g/mol. The van der Waals surface area contributed by atoms with Crippen LogP contribution in [0.1, 0.15) is 51.0 Å². The molecule has 0 radical (unpaired) electrons. The zero-order chi connectivity index (χ0) is 21.0. The van der Waals surface area contributed by atoms with Gasteiger partial charge < -0.3 is 19.2 Å². The fraction of sp³-hybridized carbons (Fsp3) is 0.391. The number of Topliss-reactive ketones (excluding diaryl/α,β-unsaturated/α-hetero) is 1. The Kier molecular flexibility index (Phi) is 6.42. The van der Waals surface area contributed by atoms with Gasteiger partial charge in [-0.3, -0.25) is 9.59 Å². The lowest BCUT2D eigenvalue weighted by molar-refractivity contribution is -0.140. The predicted molar refractivity (Wildman–Crippen MR) is 109 cm³/mol. The molecule has 0 bridgehead atoms. The highest BCUT2D eigenvalue weighted by atomic mass is 16.5. The molecule has 1 aromatic carbocycles. The maximum Gasteiger partial charge on any atom is 0.295 e. The smallest absolute Gasteiger partial charge is 0.295 e. The molecule has 6 nitrogen and oxygen atoms in total. The summed E-state index contributed by atoms with van der Waals surface area (Å²) in [5.41, 5.74) is 0.471. The molecule has 3 rings (SSSR count). The number of aliphatic hydroxyl groups is 1. The maximum atomic E-state index is 12.8. The van der Waals surface area contributed by atoms with E-state index in [1.165, 1.54) is 11.2 Å². The van der Waals surface area contributed by atoms with Crippen molar-refractivity contribution in [1.29, 1.82) is 0 Å². The number of amides is 1. The zero-order valence-corrected chi connectivity index (χ0v) is 17.1. The summed E-state index contributed by atoms with van der Waals surface area (Å²) in [4.78, 5) is 27.0. The molecule has 0 spiro atoms. The lowest BCUT2D eigenvalue weighted by atomic mass is 9.99. The summed E-state index contributed by atoms with van der Waals surface area (Å²) in [5.74, 6) is -0.137. The third-order valence-electron chi connectivity index (χ3n) is 4.80. The van der Waals surface area contributed by atoms with E-state index in [0.717, 1.165) is 12.8 Å². The van der Waals surface area contributed by atoms with E-state index in [0.29, 0.717) is 36.1 Å². The van der Waals surface area contributed by atoms with Crippen LogP contribution in [0.3, 0.4) is 0 Å². The second kappa shape index (κ2) is 8.99. The molecule has 6 heteroatoms. The molecule has 2 heterocycles. The molecule has 1 aliphatic heterocycles. The first kappa shape index (κ1) is 20.7. The first-order chi connectivity index (χ1) is 13.9. The highest BCUT2D eigenvalue weighted by Crippen LogP contribution is 2.40. The van der Waals surface area contributed by atoms with Gasteiger partial charge in [0, 0.05) is 12.1 Å². The van der Waals surface area contributed by atoms with Crippen molar-refractivity contribution in [3.8, 4) is 5.75 Å². The van der Waals surface area contributed by atoms with Crippen LogP contribution < -0.4 is 4.74 Å². The lowest BCUT2D eigenvalue weighted by Gasteiger charge is -2.23. The summed E-state index contributed by atoms with van der Waals surface area (Å²) in [6.45, 7) is 7.07. The Hall–Kier alpha value is -3.02. The number of carbonyl (C=O) groups excluding carboxylic acids is 2. The number of ether oxygens (including phenoxy) is 1. The second-order valence-corrected chi connectivity index (χ2v) is 7.59. The van der Waals surface area contributed by atoms with Crippen molar-refractivity contribution in [3.63, 3.8) is 0 Å². The van der Waals surface area contributed by atoms with Crippen LogP contribution in [-0.4, -0.2) is 34.8 Å². The first-order valence-corrected chi connectivity index (χ1v) is 9.99. The van der Waals surface area contributed by atoms with Gasteiger partial charge >= 0.3 is 0 Å². The molecule has 1 aliphatic rings. The molecule has 0 saturated carbocycles. The van der Waals surface area contributed by atoms with E-state index < -0.39 is 17.7 Å². The van der Waals surface area contributed by atoms with Crippen LogP contribution in [-0.2, 0) is 9.59 Å². The minimum Gasteiger partial charge on any atom is -0.507 e. The predicted octanol–water partition coefficient (Wildman–Crippen LogP) is 4.54. The Morgan fingerprint density at radius 1 is 1.24 bits per heavy atom. The van der Waals surface area contributed by atoms with Gasteiger partial charge in [-0.15, -0.1) is 0 Å². The van der Waals surface area contributed by atoms with Crippen molar-refractivity contribution in [2.75, 3.05) is 13.2 Å². The summed E-state index contributed by atoms with van der Waals surface area (Å²) in [5, 5.41) is 11.0. The quantitative estimate of drug-likeness (QED) is 0.402. The fourth-order valence-electron chi connectivity index (χ4n) is 3.33. The van der Waals surface area contributed by atoms with Crippen LogP contribution >= 0.6 is 0 Å². The van der Waals surface area contributed by atoms with E-state index in [2.05, 4.69) is 0 Å². The molecule has 154 valence electrons. The Bertz CT molecular complexity index is 898. The van der Waals surface area contributed by atoms with Crippen molar-refractivity contribution in [1.82, 2.24) is 4.90 Å². The number of likely N-dealkylation sites (tertiary alicyclic amines) is 1. The van der Waals surface area contributed by atoms with E-state index >= 15 is 0 Å². The highest BCUT2D eigenvalue weighted by molar-refractivity contribution is 6.46. The van der Waals surface area contributed by atoms with E-state index in [4.69, 9.17) is 9.15 Å². The molecule has 0 aliphatic carbocycles. The number of rotatable bonds is 8. The van der Waals surface area contributed by atoms with Crippen molar-refractivity contribution in [2.24, 2.45) is 5.92 Å². The molecule has 1 amide bonds. The SMILES string of the molecule is CCCCN1C(=O)C(=O)/C(=C(\O)c2cccc(OCC(C)C)c2)C1c1ccco1. The molecule has 1 fully saturated rings. The average Bonchev–Trinajstić information content (AvgIpc) is 3.32. The third-order valence-corrected chi connectivity index (χ3v) is 4.80. The second-order valence-electron chi connectivity index (χ2n) is 7.59. The highest BCUT2D eigenvalue weighted by Gasteiger charge is 2.47. The molecule has 1 atom stereocenters. The molecule has 29 heavy (non-hydrogen) atoms. The molecule has 1 unspecified atom stereocenters. The number of hydrogen-bond donors (Lipinski definition) is 1. The molecular weight excluding hydrogens is 370 g/mol. The largest absolute Gasteiger partial charge is 0.507 e. The third kappa shape index (κ3) is 4.36. The number of nitrogens with zero attached hydrogens (tertiary/aromatic N) is 1. The van der Waals surface area contributed by atoms with Gasteiger partial charge in [0.1, 0.15) is 23.3 Å². The van der Waals surface area contributed by atoms with Gasteiger partial charge in [0.25, 0.3) is 11.7 Å². The van der Waals surface area contributed by atoms with E-state index in [9.17, 15) is 14.7 Å². The minimum atomic E-state index is -0.739. The van der Waals surface area contributed by atoms with Crippen LogP contribution in [0.5, 0.6) is 5.75 Å². The van der Waals surface area contributed by atoms with Gasteiger partial charge in [-0.1, -0.05) is 39.3 Å². The van der Waals surface area contributed by atoms with Crippen molar-refractivity contribution >= 4 is 17.4 Å². The Balaban J connectivity index is 2.03. The maximum absolute atomic E-state index is 12.8. The number of aliphatic hydroxyl groups excluding tert-OH is 1. The molecule has 1 N–H and O–H groups in total. The normalized spacial score (nSPS) is 18.6. The van der Waals surface area contributed by atoms with Gasteiger partial charge in [-0.05, 0) is 36.6 Å². The summed E-state index contributed by atoms with van der Waals surface area (Å²) in [6, 6.07) is 9.59. The first-order valence-electron chi connectivity index (χ1n) is 9.99. The van der Waals surface area contributed by atoms with Gasteiger partial charge in [-0.25, -0.2) is 0 Å². The van der Waals surface area contributed by atoms with Crippen LogP contribution in [0.4, 0.5) is 0 Å². The minimum absolute atomic E-state index is 0.0436. The van der Waals surface area contributed by atoms with Crippen LogP contribution in [0.2, 0.25) is 0 Å². The number of carbonyl (C=O) groups is 2. The van der Waals surface area contributed by atoms with Crippen molar-refractivity contribution in [2.45, 2.75) is 39.7 Å². The molecule has 1 aromatic heterocycles. The van der Waals surface area contributed by atoms with Crippen LogP contribution in [0.15, 0.2) is 52.7 Å². The van der Waals surface area contributed by atoms with Crippen molar-refractivity contribution in [3.05, 3.63) is 59.6 Å². The molecule has 1 saturated heterocycles. The number of unbranched alkanes of at least 4 members (excludes halogenated alkanes) is 1. The summed E-state index contributed by atoms with van der Waals surface area (Å²) in [6.07, 6.45) is 3.13. The molecular formula is C23H27NO5. The number of ketones is 1. The summed E-state index contributed by atoms with van der Waals surface area (Å²) in [7, 11) is 0. The van der Waals surface area contributed by atoms with Crippen LogP contribution in [0.25, 0.3) is 5.76 Å². The zero-order valence-electron chi connectivity index (χ0n) is 17.1. The van der Waals surface area contributed by atoms with Gasteiger partial charge in [0.15, 0.2) is 0 Å². The standard InChI is InChI=1S/C23H27NO5/c1-4-5-11-24-20(18-10-7-12-28-18)19(22(26)23(24)27)21(25)16-8-6-9-17(13-16)29-14-15(2)3/h6-10,12-13,15,20,25H,4-5,11,14H2,1-3H3/b21-19-. The topological polar surface area (TPSA) is 80.0 Å². The van der Waals surface area contributed by atoms with Gasteiger partial charge in [-0.2, -0.15) is 0 Å². The van der Waals surface area contributed by atoms with Gasteiger partial charge in [0.05, 0.1) is 18.4 Å². The van der Waals surface area contributed by atoms with E-state index in [1.54, 1.807) is 36.4 Å². The lowest BCUT2D eigenvalue weighted by Crippen LogP contribution is -2.30. The average molecular weight is 397 g/mol. The Morgan fingerprint density at radius 2 is 2.03 bits per heavy atom. The number of benzene rings is 1. The van der Waals surface area contributed by atoms with E-state index in [-0.39, 0.29) is 11.3 Å². The number of hydrogen-bond acceptors (Lipinski definition) is 5. The van der Waals surface area contributed by atoms with Crippen LogP contribution in [0, 0.1) is 5.92 Å². The fourth-order valence-corrected chi connectivity index (χ4v) is 3.33. The van der Waals surface area contributed by atoms with Gasteiger partial charge in [0.2, 0.25) is 0 Å². The summed E-state index contributed by atoms with van der Waals surface area (Å²) >= 11 is 0. The van der Waals surface area contributed by atoms with E-state index in [1.807, 2.05) is 20.8 Å².